The van der Waals surface area contributed by atoms with E-state index in [0.29, 0.717) is 17.4 Å². The van der Waals surface area contributed by atoms with E-state index in [0.717, 1.165) is 35.4 Å². The molecule has 3 aromatic rings. The fourth-order valence-electron chi connectivity index (χ4n) is 5.00. The van der Waals surface area contributed by atoms with Crippen LogP contribution in [0.1, 0.15) is 55.3 Å². The highest BCUT2D eigenvalue weighted by molar-refractivity contribution is 7.89. The van der Waals surface area contributed by atoms with Gasteiger partial charge in [-0.15, -0.1) is 0 Å². The van der Waals surface area contributed by atoms with Crippen LogP contribution in [0, 0.1) is 5.92 Å². The zero-order valence-electron chi connectivity index (χ0n) is 20.1. The quantitative estimate of drug-likeness (QED) is 0.372. The lowest BCUT2D eigenvalue weighted by molar-refractivity contribution is 0.306. The molecule has 35 heavy (non-hydrogen) atoms. The molecule has 0 saturated carbocycles. The number of benzene rings is 3. The zero-order valence-corrected chi connectivity index (χ0v) is 21.0. The molecule has 3 aromatic carbocycles. The Kier molecular flexibility index (Phi) is 6.67. The summed E-state index contributed by atoms with van der Waals surface area (Å²) in [5.74, 6) is 1.36. The van der Waals surface area contributed by atoms with Gasteiger partial charge in [0.25, 0.3) is 0 Å². The molecule has 0 amide bonds. The van der Waals surface area contributed by atoms with Gasteiger partial charge in [0.2, 0.25) is 10.0 Å². The fourth-order valence-corrected chi connectivity index (χ4v) is 6.36. The summed E-state index contributed by atoms with van der Waals surface area (Å²) in [7, 11) is -3.55. The van der Waals surface area contributed by atoms with Crippen LogP contribution in [0.2, 0.25) is 0 Å². The average Bonchev–Trinajstić information content (AvgIpc) is 3.38. The van der Waals surface area contributed by atoms with Crippen LogP contribution in [0.4, 0.5) is 5.69 Å². The highest BCUT2D eigenvalue weighted by Crippen LogP contribution is 2.50. The van der Waals surface area contributed by atoms with Crippen LogP contribution in [0.15, 0.2) is 89.8 Å². The number of nitrogens with one attached hydrogen (secondary N) is 2. The van der Waals surface area contributed by atoms with Gasteiger partial charge in [0.1, 0.15) is 12.4 Å². The topological polar surface area (TPSA) is 67.4 Å². The lowest BCUT2D eigenvalue weighted by atomic mass is 9.77. The van der Waals surface area contributed by atoms with Crippen molar-refractivity contribution in [3.05, 3.63) is 102 Å². The molecule has 0 radical (unpaired) electrons. The molecule has 0 fully saturated rings. The third-order valence-electron chi connectivity index (χ3n) is 7.10. The Balaban J connectivity index is 1.35. The van der Waals surface area contributed by atoms with Gasteiger partial charge in [-0.05, 0) is 72.7 Å². The summed E-state index contributed by atoms with van der Waals surface area (Å²) in [4.78, 5) is 0.329. The molecule has 1 aliphatic carbocycles. The second kappa shape index (κ2) is 9.88. The molecule has 2 aliphatic rings. The maximum Gasteiger partial charge on any atom is 0.240 e. The molecule has 0 aromatic heterocycles. The van der Waals surface area contributed by atoms with Gasteiger partial charge >= 0.3 is 0 Å². The smallest absolute Gasteiger partial charge is 0.240 e. The summed E-state index contributed by atoms with van der Waals surface area (Å²) in [6.45, 7) is 4.40. The van der Waals surface area contributed by atoms with Crippen molar-refractivity contribution in [3.63, 3.8) is 0 Å². The first-order valence-corrected chi connectivity index (χ1v) is 13.8. The van der Waals surface area contributed by atoms with Crippen LogP contribution in [-0.2, 0) is 16.6 Å². The third-order valence-corrected chi connectivity index (χ3v) is 8.69. The number of rotatable bonds is 8. The Bertz CT molecular complexity index is 1300. The van der Waals surface area contributed by atoms with Crippen LogP contribution < -0.4 is 14.8 Å². The van der Waals surface area contributed by atoms with Gasteiger partial charge in [-0.1, -0.05) is 61.5 Å². The summed E-state index contributed by atoms with van der Waals surface area (Å²) < 4.78 is 34.5. The molecule has 1 aliphatic heterocycles. The molecule has 5 rings (SSSR count). The van der Waals surface area contributed by atoms with Crippen molar-refractivity contribution in [2.75, 3.05) is 5.32 Å². The molecule has 0 saturated heterocycles. The lowest BCUT2D eigenvalue weighted by Gasteiger charge is -2.37. The molecule has 1 heterocycles. The number of allylic oxidation sites excluding steroid dienone is 2. The molecule has 5 nitrogen and oxygen atoms in total. The molecule has 4 atom stereocenters. The maximum absolute atomic E-state index is 12.9. The van der Waals surface area contributed by atoms with Gasteiger partial charge in [0.05, 0.1) is 10.9 Å². The van der Waals surface area contributed by atoms with Crippen LogP contribution >= 0.6 is 0 Å². The number of hydrogen-bond acceptors (Lipinski definition) is 4. The van der Waals surface area contributed by atoms with Crippen molar-refractivity contribution in [2.24, 2.45) is 5.92 Å². The van der Waals surface area contributed by atoms with Gasteiger partial charge in [0, 0.05) is 17.6 Å². The minimum atomic E-state index is -3.55. The summed E-state index contributed by atoms with van der Waals surface area (Å²) in [6, 6.07) is 24.0. The monoisotopic (exact) mass is 488 g/mol. The summed E-state index contributed by atoms with van der Waals surface area (Å²) in [6.07, 6.45) is 6.15. The minimum Gasteiger partial charge on any atom is -0.489 e. The van der Waals surface area contributed by atoms with E-state index >= 15 is 0 Å². The normalized spacial score (nSPS) is 21.6. The number of hydrogen-bond donors (Lipinski definition) is 2. The van der Waals surface area contributed by atoms with E-state index in [1.54, 1.807) is 6.07 Å². The molecular weight excluding hydrogens is 456 g/mol. The molecule has 0 spiro atoms. The molecule has 4 unspecified atom stereocenters. The fraction of sp³-hybridized carbons (Fsp3) is 0.310. The Labute approximate surface area is 208 Å². The first kappa shape index (κ1) is 23.6. The Morgan fingerprint density at radius 3 is 2.57 bits per heavy atom. The summed E-state index contributed by atoms with van der Waals surface area (Å²) >= 11 is 0. The molecule has 6 heteroatoms. The van der Waals surface area contributed by atoms with Crippen molar-refractivity contribution in [1.29, 1.82) is 0 Å². The van der Waals surface area contributed by atoms with Crippen LogP contribution in [0.5, 0.6) is 5.75 Å². The first-order chi connectivity index (χ1) is 16.9. The number of anilines is 1. The highest BCUT2D eigenvalue weighted by Gasteiger charge is 2.38. The van der Waals surface area contributed by atoms with E-state index in [-0.39, 0.29) is 18.0 Å². The maximum atomic E-state index is 12.9. The van der Waals surface area contributed by atoms with Gasteiger partial charge < -0.3 is 10.1 Å². The van der Waals surface area contributed by atoms with Crippen LogP contribution in [-0.4, -0.2) is 14.5 Å². The average molecular weight is 489 g/mol. The standard InChI is InChI=1S/C29H32N2O3S/c1-3-20(2)31-35(32,33)24-16-17-28-27(18-24)25-10-7-11-26(25)29(30-28)22-12-14-23(15-13-22)34-19-21-8-5-4-6-9-21/h4-10,12-18,20,25-26,29-31H,3,11,19H2,1-2H3. The largest absolute Gasteiger partial charge is 0.489 e. The number of ether oxygens (including phenoxy) is 1. The van der Waals surface area contributed by atoms with Gasteiger partial charge in [-0.25, -0.2) is 13.1 Å². The predicted molar refractivity (Wildman–Crippen MR) is 140 cm³/mol. The second-order valence-electron chi connectivity index (χ2n) is 9.50. The van der Waals surface area contributed by atoms with E-state index < -0.39 is 10.0 Å². The predicted octanol–water partition coefficient (Wildman–Crippen LogP) is 6.17. The summed E-state index contributed by atoms with van der Waals surface area (Å²) in [5.41, 5.74) is 4.39. The molecule has 2 N–H and O–H groups in total. The van der Waals surface area contributed by atoms with E-state index in [2.05, 4.69) is 46.5 Å². The molecular formula is C29H32N2O3S. The SMILES string of the molecule is CCC(C)NS(=O)(=O)c1ccc2c(c1)C1C=CCC1C(c1ccc(OCc3ccccc3)cc1)N2. The van der Waals surface area contributed by atoms with E-state index in [1.807, 2.05) is 56.3 Å². The van der Waals surface area contributed by atoms with Crippen molar-refractivity contribution in [1.82, 2.24) is 4.72 Å². The van der Waals surface area contributed by atoms with Crippen molar-refractivity contribution in [2.45, 2.75) is 56.2 Å². The lowest BCUT2D eigenvalue weighted by Crippen LogP contribution is -2.33. The second-order valence-corrected chi connectivity index (χ2v) is 11.2. The van der Waals surface area contributed by atoms with Crippen LogP contribution in [0.25, 0.3) is 0 Å². The Hall–Kier alpha value is -3.09. The zero-order chi connectivity index (χ0) is 24.4. The third kappa shape index (κ3) is 5.00. The molecule has 182 valence electrons. The number of fused-ring (bicyclic) bond motifs is 3. The molecule has 0 bridgehead atoms. The van der Waals surface area contributed by atoms with Crippen LogP contribution in [0.3, 0.4) is 0 Å². The van der Waals surface area contributed by atoms with Gasteiger partial charge in [-0.3, -0.25) is 0 Å². The van der Waals surface area contributed by atoms with Gasteiger partial charge in [0.15, 0.2) is 0 Å². The van der Waals surface area contributed by atoms with E-state index in [1.165, 1.54) is 5.56 Å². The van der Waals surface area contributed by atoms with Gasteiger partial charge in [-0.2, -0.15) is 0 Å². The number of sulfonamides is 1. The minimum absolute atomic E-state index is 0.0997. The highest BCUT2D eigenvalue weighted by atomic mass is 32.2. The van der Waals surface area contributed by atoms with Crippen molar-refractivity contribution < 1.29 is 13.2 Å². The van der Waals surface area contributed by atoms with E-state index in [9.17, 15) is 8.42 Å². The Morgan fingerprint density at radius 1 is 1.06 bits per heavy atom. The first-order valence-electron chi connectivity index (χ1n) is 12.3. The van der Waals surface area contributed by atoms with Crippen molar-refractivity contribution >= 4 is 15.7 Å². The van der Waals surface area contributed by atoms with E-state index in [4.69, 9.17) is 4.74 Å². The van der Waals surface area contributed by atoms with Crippen molar-refractivity contribution in [3.8, 4) is 5.75 Å². The Morgan fingerprint density at radius 2 is 1.83 bits per heavy atom. The summed E-state index contributed by atoms with van der Waals surface area (Å²) in [5, 5.41) is 3.70.